The summed E-state index contributed by atoms with van der Waals surface area (Å²) in [4.78, 5) is 14.4. The first kappa shape index (κ1) is 18.1. The molecule has 25 heavy (non-hydrogen) atoms. The number of halogens is 1. The Bertz CT molecular complexity index is 755. The predicted molar refractivity (Wildman–Crippen MR) is 101 cm³/mol. The number of amides is 1. The van der Waals surface area contributed by atoms with E-state index in [9.17, 15) is 4.79 Å². The minimum Gasteiger partial charge on any atom is -0.341 e. The second-order valence-corrected chi connectivity index (χ2v) is 8.04. The van der Waals surface area contributed by atoms with E-state index in [2.05, 4.69) is 24.0 Å². The van der Waals surface area contributed by atoms with Crippen LogP contribution in [0.5, 0.6) is 0 Å². The summed E-state index contributed by atoms with van der Waals surface area (Å²) in [6.45, 7) is 6.03. The second-order valence-electron chi connectivity index (χ2n) is 6.69. The van der Waals surface area contributed by atoms with Gasteiger partial charge in [0.2, 0.25) is 11.1 Å². The molecule has 0 saturated carbocycles. The van der Waals surface area contributed by atoms with Crippen molar-refractivity contribution in [1.82, 2.24) is 19.8 Å². The summed E-state index contributed by atoms with van der Waals surface area (Å²) in [5.41, 5.74) is 0.719. The normalized spacial score (nSPS) is 20.7. The van der Waals surface area contributed by atoms with E-state index in [4.69, 9.17) is 17.4 Å². The molecule has 2 heterocycles. The summed E-state index contributed by atoms with van der Waals surface area (Å²) in [6.07, 6.45) is 1.18. The topological polar surface area (TPSA) is 77.0 Å². The number of carbonyl (C=O) groups excluding carboxylic acids is 1. The fraction of sp³-hybridized carbons (Fsp3) is 0.471. The van der Waals surface area contributed by atoms with Gasteiger partial charge in [0, 0.05) is 18.7 Å². The van der Waals surface area contributed by atoms with Crippen LogP contribution in [0.25, 0.3) is 11.4 Å². The van der Waals surface area contributed by atoms with Crippen molar-refractivity contribution >= 4 is 29.3 Å². The van der Waals surface area contributed by atoms with Gasteiger partial charge in [-0.05, 0) is 30.4 Å². The molecule has 0 bridgehead atoms. The molecule has 1 aliphatic heterocycles. The van der Waals surface area contributed by atoms with Crippen molar-refractivity contribution in [3.8, 4) is 11.4 Å². The number of nitrogens with zero attached hydrogens (tertiary/aromatic N) is 4. The average molecular weight is 380 g/mol. The monoisotopic (exact) mass is 379 g/mol. The number of hydrogen-bond acceptors (Lipinski definition) is 5. The highest BCUT2D eigenvalue weighted by atomic mass is 35.5. The quantitative estimate of drug-likeness (QED) is 0.652. The lowest BCUT2D eigenvalue weighted by Gasteiger charge is -2.34. The molecule has 1 aromatic carbocycles. The first-order chi connectivity index (χ1) is 12.0. The fourth-order valence-electron chi connectivity index (χ4n) is 3.29. The summed E-state index contributed by atoms with van der Waals surface area (Å²) < 4.78 is 1.39. The smallest absolute Gasteiger partial charge is 0.233 e. The molecule has 6 nitrogen and oxygen atoms in total. The van der Waals surface area contributed by atoms with Crippen LogP contribution in [0.1, 0.15) is 20.3 Å². The van der Waals surface area contributed by atoms with Gasteiger partial charge < -0.3 is 10.7 Å². The first-order valence-electron chi connectivity index (χ1n) is 8.31. The van der Waals surface area contributed by atoms with Crippen LogP contribution in [0.3, 0.4) is 0 Å². The van der Waals surface area contributed by atoms with Crippen LogP contribution in [0.4, 0.5) is 0 Å². The van der Waals surface area contributed by atoms with E-state index in [0.717, 1.165) is 18.7 Å². The van der Waals surface area contributed by atoms with Crippen molar-refractivity contribution in [2.75, 3.05) is 24.7 Å². The van der Waals surface area contributed by atoms with E-state index in [0.29, 0.717) is 33.6 Å². The van der Waals surface area contributed by atoms with Crippen LogP contribution in [-0.4, -0.2) is 44.5 Å². The third kappa shape index (κ3) is 4.10. The summed E-state index contributed by atoms with van der Waals surface area (Å²) in [5.74, 6) is 8.09. The molecule has 2 unspecified atom stereocenters. The number of hydrogen-bond donors (Lipinski definition) is 1. The van der Waals surface area contributed by atoms with E-state index >= 15 is 0 Å². The van der Waals surface area contributed by atoms with Gasteiger partial charge in [-0.15, -0.1) is 10.2 Å². The van der Waals surface area contributed by atoms with Gasteiger partial charge in [0.1, 0.15) is 0 Å². The Morgan fingerprint density at radius 1 is 1.28 bits per heavy atom. The Labute approximate surface area is 156 Å². The van der Waals surface area contributed by atoms with Crippen LogP contribution >= 0.6 is 23.4 Å². The molecule has 0 spiro atoms. The van der Waals surface area contributed by atoms with Crippen LogP contribution in [0, 0.1) is 11.8 Å². The zero-order valence-electron chi connectivity index (χ0n) is 14.4. The minimum atomic E-state index is 0.116. The van der Waals surface area contributed by atoms with Crippen molar-refractivity contribution in [1.29, 1.82) is 0 Å². The molecule has 0 aliphatic carbocycles. The molecule has 3 rings (SSSR count). The van der Waals surface area contributed by atoms with Gasteiger partial charge in [-0.25, -0.2) is 4.68 Å². The maximum absolute atomic E-state index is 12.5. The highest BCUT2D eigenvalue weighted by molar-refractivity contribution is 7.99. The van der Waals surface area contributed by atoms with Gasteiger partial charge in [0.15, 0.2) is 5.82 Å². The lowest BCUT2D eigenvalue weighted by molar-refractivity contribution is -0.130. The average Bonchev–Trinajstić information content (AvgIpc) is 2.93. The van der Waals surface area contributed by atoms with Gasteiger partial charge in [0.25, 0.3) is 0 Å². The molecular formula is C17H22ClN5OS. The van der Waals surface area contributed by atoms with E-state index in [1.807, 2.05) is 23.1 Å². The fourth-order valence-corrected chi connectivity index (χ4v) is 4.27. The molecule has 1 aliphatic rings. The maximum Gasteiger partial charge on any atom is 0.233 e. The molecule has 2 atom stereocenters. The first-order valence-corrected chi connectivity index (χ1v) is 9.68. The minimum absolute atomic E-state index is 0.116. The molecule has 2 N–H and O–H groups in total. The molecular weight excluding hydrogens is 358 g/mol. The Morgan fingerprint density at radius 2 is 1.96 bits per heavy atom. The van der Waals surface area contributed by atoms with E-state index < -0.39 is 0 Å². The molecule has 2 aromatic rings. The van der Waals surface area contributed by atoms with Crippen molar-refractivity contribution < 1.29 is 4.79 Å². The van der Waals surface area contributed by atoms with E-state index in [-0.39, 0.29) is 5.91 Å². The Kier molecular flexibility index (Phi) is 5.54. The third-order valence-corrected chi connectivity index (χ3v) is 5.58. The lowest BCUT2D eigenvalue weighted by Crippen LogP contribution is -2.43. The zero-order chi connectivity index (χ0) is 18.0. The van der Waals surface area contributed by atoms with Gasteiger partial charge in [-0.2, -0.15) is 0 Å². The number of piperidine rings is 1. The van der Waals surface area contributed by atoms with Gasteiger partial charge in [0.05, 0.1) is 10.8 Å². The van der Waals surface area contributed by atoms with Crippen molar-refractivity contribution in [3.05, 3.63) is 29.3 Å². The van der Waals surface area contributed by atoms with Gasteiger partial charge >= 0.3 is 0 Å². The Hall–Kier alpha value is -1.73. The number of nitrogens with two attached hydrogens (primary N) is 1. The summed E-state index contributed by atoms with van der Waals surface area (Å²) in [6, 6.07) is 7.33. The van der Waals surface area contributed by atoms with Crippen LogP contribution in [0.2, 0.25) is 5.02 Å². The summed E-state index contributed by atoms with van der Waals surface area (Å²) >= 11 is 7.49. The van der Waals surface area contributed by atoms with Crippen molar-refractivity contribution in [2.45, 2.75) is 25.4 Å². The predicted octanol–water partition coefficient (Wildman–Crippen LogP) is 2.91. The number of carbonyl (C=O) groups is 1. The number of nitrogen functional groups attached to an aromatic ring is 1. The Balaban J connectivity index is 1.66. The number of aromatic nitrogens is 3. The number of likely N-dealkylation sites (tertiary alicyclic amines) is 1. The van der Waals surface area contributed by atoms with Crippen molar-refractivity contribution in [2.24, 2.45) is 11.8 Å². The number of benzene rings is 1. The van der Waals surface area contributed by atoms with Gasteiger partial charge in [-0.3, -0.25) is 4.79 Å². The highest BCUT2D eigenvalue weighted by Crippen LogP contribution is 2.28. The van der Waals surface area contributed by atoms with Crippen LogP contribution < -0.4 is 5.84 Å². The SMILES string of the molecule is CC1CC(C)CN(C(=O)CSc2nnc(-c3ccccc3Cl)n2N)C1. The maximum atomic E-state index is 12.5. The molecule has 8 heteroatoms. The van der Waals surface area contributed by atoms with E-state index in [1.54, 1.807) is 6.07 Å². The largest absolute Gasteiger partial charge is 0.341 e. The highest BCUT2D eigenvalue weighted by Gasteiger charge is 2.26. The molecule has 134 valence electrons. The summed E-state index contributed by atoms with van der Waals surface area (Å²) in [7, 11) is 0. The number of thioether (sulfide) groups is 1. The molecule has 0 radical (unpaired) electrons. The van der Waals surface area contributed by atoms with Crippen LogP contribution in [-0.2, 0) is 4.79 Å². The number of rotatable bonds is 4. The summed E-state index contributed by atoms with van der Waals surface area (Å²) in [5, 5.41) is 9.28. The van der Waals surface area contributed by atoms with Crippen molar-refractivity contribution in [3.63, 3.8) is 0 Å². The standard InChI is InChI=1S/C17H22ClN5OS/c1-11-7-12(2)9-22(8-11)15(24)10-25-17-21-20-16(23(17)19)13-5-3-4-6-14(13)18/h3-6,11-12H,7-10,19H2,1-2H3. The molecule has 1 saturated heterocycles. The molecule has 1 fully saturated rings. The zero-order valence-corrected chi connectivity index (χ0v) is 15.9. The van der Waals surface area contributed by atoms with E-state index in [1.165, 1.54) is 22.9 Å². The third-order valence-electron chi connectivity index (χ3n) is 4.33. The van der Waals surface area contributed by atoms with Gasteiger partial charge in [-0.1, -0.05) is 49.3 Å². The lowest BCUT2D eigenvalue weighted by atomic mass is 9.92. The molecule has 1 aromatic heterocycles. The second kappa shape index (κ2) is 7.66. The van der Waals surface area contributed by atoms with Crippen LogP contribution in [0.15, 0.2) is 29.4 Å². The molecule has 1 amide bonds. The Morgan fingerprint density at radius 3 is 2.64 bits per heavy atom.